The Morgan fingerprint density at radius 2 is 2.14 bits per heavy atom. The van der Waals surface area contributed by atoms with E-state index in [1.807, 2.05) is 13.8 Å². The average molecular weight is 320 g/mol. The van der Waals surface area contributed by atoms with Crippen LogP contribution in [-0.2, 0) is 20.3 Å². The quantitative estimate of drug-likeness (QED) is 0.702. The molecular weight excluding hydrogens is 296 g/mol. The number of urea groups is 1. The van der Waals surface area contributed by atoms with Gasteiger partial charge in [0.1, 0.15) is 5.92 Å². The third-order valence-corrected chi connectivity index (χ3v) is 4.39. The Hall–Kier alpha value is -1.15. The minimum absolute atomic E-state index is 0.110. The lowest BCUT2D eigenvalue weighted by Crippen LogP contribution is -2.52. The van der Waals surface area contributed by atoms with E-state index in [1.165, 1.54) is 4.90 Å². The first kappa shape index (κ1) is 17.9. The summed E-state index contributed by atoms with van der Waals surface area (Å²) in [7, 11) is -0.890. The summed E-state index contributed by atoms with van der Waals surface area (Å²) < 4.78 is 16.3. The number of carboxylic acid groups (broad SMARTS) is 1. The SMILES string of the molecule is CCN(C(=O)NC(C)CCS(C)=O)C1COCC1C(=O)O. The molecule has 0 aromatic carbocycles. The Bertz CT molecular complexity index is 404. The summed E-state index contributed by atoms with van der Waals surface area (Å²) in [6.07, 6.45) is 2.25. The maximum Gasteiger partial charge on any atom is 0.317 e. The molecule has 0 aliphatic carbocycles. The number of carbonyl (C=O) groups is 2. The summed E-state index contributed by atoms with van der Waals surface area (Å²) in [5, 5.41) is 12.0. The molecule has 1 aliphatic heterocycles. The molecule has 1 fully saturated rings. The Kier molecular flexibility index (Phi) is 7.10. The molecule has 1 aliphatic rings. The monoisotopic (exact) mass is 320 g/mol. The smallest absolute Gasteiger partial charge is 0.317 e. The van der Waals surface area contributed by atoms with Crippen LogP contribution < -0.4 is 5.32 Å². The van der Waals surface area contributed by atoms with Crippen molar-refractivity contribution < 1.29 is 23.6 Å². The minimum Gasteiger partial charge on any atom is -0.481 e. The molecule has 0 saturated carbocycles. The number of ether oxygens (including phenoxy) is 1. The normalized spacial score (nSPS) is 24.3. The van der Waals surface area contributed by atoms with Gasteiger partial charge in [-0.3, -0.25) is 9.00 Å². The van der Waals surface area contributed by atoms with Crippen molar-refractivity contribution in [3.8, 4) is 0 Å². The molecule has 2 amide bonds. The van der Waals surface area contributed by atoms with Crippen LogP contribution in [0.25, 0.3) is 0 Å². The zero-order valence-electron chi connectivity index (χ0n) is 12.7. The Labute approximate surface area is 127 Å². The van der Waals surface area contributed by atoms with Crippen molar-refractivity contribution >= 4 is 22.8 Å². The van der Waals surface area contributed by atoms with Crippen LogP contribution in [0.2, 0.25) is 0 Å². The molecule has 4 atom stereocenters. The van der Waals surface area contributed by atoms with E-state index in [0.717, 1.165) is 0 Å². The first-order chi connectivity index (χ1) is 9.86. The number of nitrogens with one attached hydrogen (secondary N) is 1. The van der Waals surface area contributed by atoms with Crippen molar-refractivity contribution in [1.82, 2.24) is 10.2 Å². The Morgan fingerprint density at radius 1 is 1.48 bits per heavy atom. The maximum atomic E-state index is 12.3. The van der Waals surface area contributed by atoms with Gasteiger partial charge in [0.15, 0.2) is 0 Å². The molecule has 2 N–H and O–H groups in total. The van der Waals surface area contributed by atoms with E-state index in [9.17, 15) is 13.8 Å². The summed E-state index contributed by atoms with van der Waals surface area (Å²) in [6.45, 7) is 4.44. The van der Waals surface area contributed by atoms with Crippen molar-refractivity contribution in [3.05, 3.63) is 0 Å². The van der Waals surface area contributed by atoms with E-state index < -0.39 is 28.7 Å². The number of rotatable bonds is 7. The van der Waals surface area contributed by atoms with Gasteiger partial charge >= 0.3 is 12.0 Å². The van der Waals surface area contributed by atoms with Gasteiger partial charge in [-0.15, -0.1) is 0 Å². The third-order valence-electron chi connectivity index (χ3n) is 3.58. The number of likely N-dealkylation sites (N-methyl/N-ethyl adjacent to an activating group) is 1. The number of carboxylic acids is 1. The lowest BCUT2D eigenvalue weighted by molar-refractivity contribution is -0.142. The Balaban J connectivity index is 2.60. The first-order valence-corrected chi connectivity index (χ1v) is 8.77. The van der Waals surface area contributed by atoms with Gasteiger partial charge in [-0.25, -0.2) is 4.79 Å². The molecular formula is C13H24N2O5S. The van der Waals surface area contributed by atoms with Crippen LogP contribution in [0.3, 0.4) is 0 Å². The van der Waals surface area contributed by atoms with Crippen molar-refractivity contribution in [2.75, 3.05) is 31.8 Å². The van der Waals surface area contributed by atoms with Crippen molar-refractivity contribution in [3.63, 3.8) is 0 Å². The summed E-state index contributed by atoms with van der Waals surface area (Å²) >= 11 is 0. The van der Waals surface area contributed by atoms with E-state index in [-0.39, 0.29) is 25.3 Å². The largest absolute Gasteiger partial charge is 0.481 e. The lowest BCUT2D eigenvalue weighted by atomic mass is 10.0. The average Bonchev–Trinajstić information content (AvgIpc) is 2.86. The summed E-state index contributed by atoms with van der Waals surface area (Å²) in [5.41, 5.74) is 0. The predicted octanol–water partition coefficient (Wildman–Crippen LogP) is 0.275. The van der Waals surface area contributed by atoms with Crippen LogP contribution in [0.5, 0.6) is 0 Å². The van der Waals surface area contributed by atoms with E-state index >= 15 is 0 Å². The highest BCUT2D eigenvalue weighted by atomic mass is 32.2. The number of hydrogen-bond acceptors (Lipinski definition) is 4. The first-order valence-electron chi connectivity index (χ1n) is 7.04. The molecule has 1 rings (SSSR count). The van der Waals surface area contributed by atoms with E-state index in [4.69, 9.17) is 9.84 Å². The zero-order valence-corrected chi connectivity index (χ0v) is 13.5. The van der Waals surface area contributed by atoms with Crippen LogP contribution in [-0.4, -0.2) is 70.1 Å². The van der Waals surface area contributed by atoms with Crippen LogP contribution in [0.1, 0.15) is 20.3 Å². The van der Waals surface area contributed by atoms with E-state index in [1.54, 1.807) is 6.26 Å². The molecule has 0 radical (unpaired) electrons. The van der Waals surface area contributed by atoms with E-state index in [2.05, 4.69) is 5.32 Å². The molecule has 21 heavy (non-hydrogen) atoms. The molecule has 7 nitrogen and oxygen atoms in total. The number of hydrogen-bond donors (Lipinski definition) is 2. The third kappa shape index (κ3) is 5.28. The highest BCUT2D eigenvalue weighted by Gasteiger charge is 2.39. The molecule has 122 valence electrons. The molecule has 0 spiro atoms. The molecule has 0 aromatic rings. The molecule has 0 bridgehead atoms. The molecule has 4 unspecified atom stereocenters. The van der Waals surface area contributed by atoms with Crippen molar-refractivity contribution in [2.24, 2.45) is 5.92 Å². The Morgan fingerprint density at radius 3 is 2.67 bits per heavy atom. The number of aliphatic carboxylic acids is 1. The van der Waals surface area contributed by atoms with Crippen LogP contribution in [0, 0.1) is 5.92 Å². The van der Waals surface area contributed by atoms with Crippen LogP contribution >= 0.6 is 0 Å². The highest BCUT2D eigenvalue weighted by Crippen LogP contribution is 2.20. The summed E-state index contributed by atoms with van der Waals surface area (Å²) in [4.78, 5) is 25.0. The topological polar surface area (TPSA) is 95.9 Å². The van der Waals surface area contributed by atoms with Gasteiger partial charge in [0, 0.05) is 35.4 Å². The summed E-state index contributed by atoms with van der Waals surface area (Å²) in [5.74, 6) is -1.11. The van der Waals surface area contributed by atoms with Gasteiger partial charge in [0.25, 0.3) is 0 Å². The second-order valence-electron chi connectivity index (χ2n) is 5.25. The van der Waals surface area contributed by atoms with Gasteiger partial charge in [0.2, 0.25) is 0 Å². The van der Waals surface area contributed by atoms with Crippen LogP contribution in [0.15, 0.2) is 0 Å². The molecule has 0 aromatic heterocycles. The predicted molar refractivity (Wildman–Crippen MR) is 79.7 cm³/mol. The maximum absolute atomic E-state index is 12.3. The number of amides is 2. The van der Waals surface area contributed by atoms with Crippen LogP contribution in [0.4, 0.5) is 4.79 Å². The number of carbonyl (C=O) groups excluding carboxylic acids is 1. The van der Waals surface area contributed by atoms with Gasteiger partial charge < -0.3 is 20.1 Å². The van der Waals surface area contributed by atoms with Gasteiger partial charge in [-0.05, 0) is 20.3 Å². The highest BCUT2D eigenvalue weighted by molar-refractivity contribution is 7.84. The van der Waals surface area contributed by atoms with Gasteiger partial charge in [-0.2, -0.15) is 0 Å². The fourth-order valence-electron chi connectivity index (χ4n) is 2.32. The number of nitrogens with zero attached hydrogens (tertiary/aromatic N) is 1. The fraction of sp³-hybridized carbons (Fsp3) is 0.846. The molecule has 8 heteroatoms. The summed E-state index contributed by atoms with van der Waals surface area (Å²) in [6, 6.07) is -0.852. The van der Waals surface area contributed by atoms with Crippen molar-refractivity contribution in [1.29, 1.82) is 0 Å². The van der Waals surface area contributed by atoms with Crippen molar-refractivity contribution in [2.45, 2.75) is 32.4 Å². The fourth-order valence-corrected chi connectivity index (χ4v) is 3.01. The van der Waals surface area contributed by atoms with E-state index in [0.29, 0.717) is 18.7 Å². The molecule has 1 heterocycles. The van der Waals surface area contributed by atoms with Gasteiger partial charge in [-0.1, -0.05) is 0 Å². The standard InChI is InChI=1S/C13H24N2O5S/c1-4-15(11-8-20-7-10(11)12(16)17)13(18)14-9(2)5-6-21(3)19/h9-11H,4-8H2,1-3H3,(H,14,18)(H,16,17). The minimum atomic E-state index is -0.946. The lowest BCUT2D eigenvalue weighted by Gasteiger charge is -2.30. The second-order valence-corrected chi connectivity index (χ2v) is 6.81. The zero-order chi connectivity index (χ0) is 16.0. The van der Waals surface area contributed by atoms with Gasteiger partial charge in [0.05, 0.1) is 19.3 Å². The molecule has 1 saturated heterocycles. The second kappa shape index (κ2) is 8.33.